The van der Waals surface area contributed by atoms with Gasteiger partial charge in [-0.1, -0.05) is 49.7 Å². The smallest absolute Gasteiger partial charge is 0.229 e. The Balaban J connectivity index is 1.56. The van der Waals surface area contributed by atoms with Crippen LogP contribution >= 0.6 is 0 Å². The van der Waals surface area contributed by atoms with Crippen molar-refractivity contribution in [2.75, 3.05) is 32.1 Å². The second-order valence-corrected chi connectivity index (χ2v) is 9.75. The quantitative estimate of drug-likeness (QED) is 0.583. The number of methoxy groups -OCH3 is 1. The maximum Gasteiger partial charge on any atom is 0.229 e. The van der Waals surface area contributed by atoms with E-state index in [9.17, 15) is 14.4 Å². The van der Waals surface area contributed by atoms with E-state index in [1.165, 1.54) is 0 Å². The minimum absolute atomic E-state index is 0.0251. The molecule has 1 N–H and O–H groups in total. The molecule has 3 amide bonds. The molecule has 2 aliphatic rings. The fourth-order valence-corrected chi connectivity index (χ4v) is 5.49. The summed E-state index contributed by atoms with van der Waals surface area (Å²) in [6, 6.07) is 16.7. The summed E-state index contributed by atoms with van der Waals surface area (Å²) >= 11 is 0. The lowest BCUT2D eigenvalue weighted by atomic mass is 9.82. The molecule has 3 atom stereocenters. The molecule has 4 rings (SSSR count). The largest absolute Gasteiger partial charge is 0.496 e. The Labute approximate surface area is 213 Å². The first kappa shape index (κ1) is 25.7. The molecule has 0 aromatic heterocycles. The first-order valence-electron chi connectivity index (χ1n) is 13.1. The standard InChI is InChI=1S/C29H37N3O4/c1-3-4-19-32-26(33)17-16-24(27(32)23-14-8-9-15-25(23)36-2)29(35)31-18-10-11-21(20-31)28(34)30-22-12-6-5-7-13-22/h5-9,12-15,21,24,27H,3-4,10-11,16-20H2,1-2H3,(H,30,34). The Kier molecular flexibility index (Phi) is 8.62. The van der Waals surface area contributed by atoms with Crippen LogP contribution in [0.2, 0.25) is 0 Å². The van der Waals surface area contributed by atoms with Gasteiger partial charge >= 0.3 is 0 Å². The second-order valence-electron chi connectivity index (χ2n) is 9.75. The van der Waals surface area contributed by atoms with Crippen molar-refractivity contribution in [2.24, 2.45) is 11.8 Å². The van der Waals surface area contributed by atoms with E-state index in [4.69, 9.17) is 4.74 Å². The van der Waals surface area contributed by atoms with Gasteiger partial charge in [-0.25, -0.2) is 0 Å². The topological polar surface area (TPSA) is 79.0 Å². The Bertz CT molecular complexity index is 1060. The van der Waals surface area contributed by atoms with Crippen molar-refractivity contribution in [1.29, 1.82) is 0 Å². The van der Waals surface area contributed by atoms with Crippen molar-refractivity contribution in [1.82, 2.24) is 9.80 Å². The van der Waals surface area contributed by atoms with Crippen LogP contribution in [0.3, 0.4) is 0 Å². The molecule has 3 unspecified atom stereocenters. The second kappa shape index (κ2) is 12.1. The third-order valence-corrected chi connectivity index (χ3v) is 7.38. The molecule has 2 saturated heterocycles. The number of hydrogen-bond donors (Lipinski definition) is 1. The Morgan fingerprint density at radius 2 is 1.81 bits per heavy atom. The molecule has 7 nitrogen and oxygen atoms in total. The predicted octanol–water partition coefficient (Wildman–Crippen LogP) is 4.65. The molecule has 0 saturated carbocycles. The molecule has 2 aliphatic heterocycles. The van der Waals surface area contributed by atoms with Crippen LogP contribution in [0.5, 0.6) is 5.75 Å². The summed E-state index contributed by atoms with van der Waals surface area (Å²) in [6.45, 7) is 3.75. The summed E-state index contributed by atoms with van der Waals surface area (Å²) in [4.78, 5) is 43.8. The van der Waals surface area contributed by atoms with Crippen molar-refractivity contribution >= 4 is 23.4 Å². The van der Waals surface area contributed by atoms with Crippen molar-refractivity contribution in [3.8, 4) is 5.75 Å². The third kappa shape index (κ3) is 5.72. The van der Waals surface area contributed by atoms with E-state index in [0.717, 1.165) is 36.9 Å². The first-order chi connectivity index (χ1) is 17.5. The van der Waals surface area contributed by atoms with Crippen molar-refractivity contribution in [3.05, 3.63) is 60.2 Å². The summed E-state index contributed by atoms with van der Waals surface area (Å²) in [5, 5.41) is 2.99. The van der Waals surface area contributed by atoms with Crippen LogP contribution in [0.4, 0.5) is 5.69 Å². The van der Waals surface area contributed by atoms with Gasteiger partial charge in [0.25, 0.3) is 0 Å². The maximum absolute atomic E-state index is 14.0. The predicted molar refractivity (Wildman–Crippen MR) is 139 cm³/mol. The molecule has 0 aliphatic carbocycles. The van der Waals surface area contributed by atoms with Crippen molar-refractivity contribution in [2.45, 2.75) is 51.5 Å². The van der Waals surface area contributed by atoms with E-state index in [2.05, 4.69) is 12.2 Å². The average molecular weight is 492 g/mol. The lowest BCUT2D eigenvalue weighted by molar-refractivity contribution is -0.149. The fraction of sp³-hybridized carbons (Fsp3) is 0.483. The summed E-state index contributed by atoms with van der Waals surface area (Å²) in [6.07, 6.45) is 4.24. The highest BCUT2D eigenvalue weighted by molar-refractivity contribution is 5.93. The van der Waals surface area contributed by atoms with Crippen LogP contribution in [-0.2, 0) is 14.4 Å². The van der Waals surface area contributed by atoms with E-state index >= 15 is 0 Å². The average Bonchev–Trinajstić information content (AvgIpc) is 2.92. The van der Waals surface area contributed by atoms with E-state index in [-0.39, 0.29) is 35.6 Å². The zero-order chi connectivity index (χ0) is 25.5. The lowest BCUT2D eigenvalue weighted by Gasteiger charge is -2.44. The van der Waals surface area contributed by atoms with Gasteiger partial charge in [0.2, 0.25) is 17.7 Å². The maximum atomic E-state index is 14.0. The number of likely N-dealkylation sites (tertiary alicyclic amines) is 2. The number of benzene rings is 2. The van der Waals surface area contributed by atoms with Gasteiger partial charge in [-0.2, -0.15) is 0 Å². The molecule has 36 heavy (non-hydrogen) atoms. The Morgan fingerprint density at radius 3 is 2.56 bits per heavy atom. The Hall–Kier alpha value is -3.35. The van der Waals surface area contributed by atoms with Gasteiger partial charge in [-0.3, -0.25) is 14.4 Å². The summed E-state index contributed by atoms with van der Waals surface area (Å²) in [5.41, 5.74) is 1.64. The van der Waals surface area contributed by atoms with E-state index < -0.39 is 0 Å². The summed E-state index contributed by atoms with van der Waals surface area (Å²) in [5.74, 6) is 0.124. The van der Waals surface area contributed by atoms with Crippen LogP contribution in [0.15, 0.2) is 54.6 Å². The SMILES string of the molecule is CCCCN1C(=O)CCC(C(=O)N2CCCC(C(=O)Nc3ccccc3)C2)C1c1ccccc1OC. The van der Waals surface area contributed by atoms with Gasteiger partial charge in [0, 0.05) is 37.3 Å². The lowest BCUT2D eigenvalue weighted by Crippen LogP contribution is -2.52. The van der Waals surface area contributed by atoms with Gasteiger partial charge in [0.1, 0.15) is 5.75 Å². The van der Waals surface area contributed by atoms with Crippen molar-refractivity contribution < 1.29 is 19.1 Å². The number of hydrogen-bond acceptors (Lipinski definition) is 4. The summed E-state index contributed by atoms with van der Waals surface area (Å²) < 4.78 is 5.65. The van der Waals surface area contributed by atoms with Crippen LogP contribution in [0, 0.1) is 11.8 Å². The molecule has 2 aromatic rings. The van der Waals surface area contributed by atoms with Crippen LogP contribution in [-0.4, -0.2) is 54.3 Å². The number of piperidine rings is 2. The highest BCUT2D eigenvalue weighted by Gasteiger charge is 2.44. The van der Waals surface area contributed by atoms with Gasteiger partial charge in [-0.05, 0) is 43.9 Å². The number of amides is 3. The number of ether oxygens (including phenoxy) is 1. The number of rotatable bonds is 8. The highest BCUT2D eigenvalue weighted by Crippen LogP contribution is 2.42. The van der Waals surface area contributed by atoms with Gasteiger partial charge in [0.15, 0.2) is 0 Å². The summed E-state index contributed by atoms with van der Waals surface area (Å²) in [7, 11) is 1.62. The van der Waals surface area contributed by atoms with Gasteiger partial charge in [-0.15, -0.1) is 0 Å². The fourth-order valence-electron chi connectivity index (χ4n) is 5.49. The number of para-hydroxylation sites is 2. The number of nitrogens with zero attached hydrogens (tertiary/aromatic N) is 2. The third-order valence-electron chi connectivity index (χ3n) is 7.38. The molecule has 0 bridgehead atoms. The number of nitrogens with one attached hydrogen (secondary N) is 1. The van der Waals surface area contributed by atoms with Crippen LogP contribution in [0.25, 0.3) is 0 Å². The van der Waals surface area contributed by atoms with Crippen molar-refractivity contribution in [3.63, 3.8) is 0 Å². The van der Waals surface area contributed by atoms with E-state index in [0.29, 0.717) is 38.2 Å². The van der Waals surface area contributed by atoms with Crippen LogP contribution in [0.1, 0.15) is 57.1 Å². The van der Waals surface area contributed by atoms with Crippen LogP contribution < -0.4 is 10.1 Å². The highest BCUT2D eigenvalue weighted by atomic mass is 16.5. The minimum Gasteiger partial charge on any atom is -0.496 e. The zero-order valence-electron chi connectivity index (χ0n) is 21.3. The number of unbranched alkanes of at least 4 members (excludes halogenated alkanes) is 1. The van der Waals surface area contributed by atoms with E-state index in [1.54, 1.807) is 7.11 Å². The molecule has 2 heterocycles. The Morgan fingerprint density at radius 1 is 1.06 bits per heavy atom. The number of carbonyl (C=O) groups excluding carboxylic acids is 3. The normalized spacial score (nSPS) is 22.3. The minimum atomic E-state index is -0.375. The monoisotopic (exact) mass is 491 g/mol. The molecule has 0 radical (unpaired) electrons. The van der Waals surface area contributed by atoms with Gasteiger partial charge < -0.3 is 19.9 Å². The molecule has 2 fully saturated rings. The zero-order valence-corrected chi connectivity index (χ0v) is 21.3. The molecule has 7 heteroatoms. The molecular formula is C29H37N3O4. The molecule has 0 spiro atoms. The van der Waals surface area contributed by atoms with E-state index in [1.807, 2.05) is 64.4 Å². The first-order valence-corrected chi connectivity index (χ1v) is 13.1. The van der Waals surface area contributed by atoms with Gasteiger partial charge in [0.05, 0.1) is 25.0 Å². The number of anilines is 1. The number of carbonyl (C=O) groups is 3. The molecule has 2 aromatic carbocycles. The molecular weight excluding hydrogens is 454 g/mol. The molecule has 192 valence electrons.